The average Bonchev–Trinajstić information content (AvgIpc) is 3.50. The molecule has 9 heteroatoms. The Labute approximate surface area is 218 Å². The SMILES string of the molecule is Cn1cnc(COc2nc(N3CC4CCC(C4)C3)c3cnc(-c4cc(O)cc5ccccc45)c(F)c3n2)c1. The van der Waals surface area contributed by atoms with Gasteiger partial charge in [-0.2, -0.15) is 9.97 Å². The van der Waals surface area contributed by atoms with Gasteiger partial charge in [0.05, 0.1) is 17.4 Å². The summed E-state index contributed by atoms with van der Waals surface area (Å²) in [6.45, 7) is 1.93. The summed E-state index contributed by atoms with van der Waals surface area (Å²) in [5, 5.41) is 12.5. The third-order valence-electron chi connectivity index (χ3n) is 7.76. The molecule has 2 fully saturated rings. The van der Waals surface area contributed by atoms with Crippen LogP contribution in [-0.4, -0.2) is 42.7 Å². The fourth-order valence-electron chi connectivity index (χ4n) is 6.07. The van der Waals surface area contributed by atoms with Gasteiger partial charge in [-0.15, -0.1) is 0 Å². The highest BCUT2D eigenvalue weighted by Gasteiger charge is 2.34. The van der Waals surface area contributed by atoms with Gasteiger partial charge in [-0.05, 0) is 54.0 Å². The Morgan fingerprint density at radius 2 is 1.87 bits per heavy atom. The van der Waals surface area contributed by atoms with Crippen molar-refractivity contribution in [2.75, 3.05) is 18.0 Å². The third kappa shape index (κ3) is 3.98. The number of benzene rings is 2. The van der Waals surface area contributed by atoms with E-state index in [4.69, 9.17) is 9.72 Å². The summed E-state index contributed by atoms with van der Waals surface area (Å²) in [7, 11) is 1.89. The first-order chi connectivity index (χ1) is 18.5. The molecule has 1 N–H and O–H groups in total. The van der Waals surface area contributed by atoms with Crippen LogP contribution in [0.1, 0.15) is 25.0 Å². The number of aromatic nitrogens is 5. The number of halogens is 1. The van der Waals surface area contributed by atoms with E-state index in [1.54, 1.807) is 24.7 Å². The van der Waals surface area contributed by atoms with Gasteiger partial charge in [-0.1, -0.05) is 24.3 Å². The number of phenols is 1. The molecule has 192 valence electrons. The van der Waals surface area contributed by atoms with Crippen molar-refractivity contribution in [2.24, 2.45) is 18.9 Å². The number of piperidine rings is 1. The molecule has 1 aliphatic heterocycles. The van der Waals surface area contributed by atoms with Gasteiger partial charge >= 0.3 is 6.01 Å². The van der Waals surface area contributed by atoms with Gasteiger partial charge in [0.25, 0.3) is 0 Å². The summed E-state index contributed by atoms with van der Waals surface area (Å²) in [4.78, 5) is 20.4. The molecule has 1 saturated carbocycles. The Morgan fingerprint density at radius 1 is 1.05 bits per heavy atom. The zero-order chi connectivity index (χ0) is 25.8. The van der Waals surface area contributed by atoms with E-state index >= 15 is 4.39 Å². The number of aryl methyl sites for hydroxylation is 1. The Bertz CT molecular complexity index is 1670. The molecule has 2 aliphatic rings. The van der Waals surface area contributed by atoms with Crippen molar-refractivity contribution in [1.82, 2.24) is 24.5 Å². The van der Waals surface area contributed by atoms with Crippen LogP contribution >= 0.6 is 0 Å². The predicted molar refractivity (Wildman–Crippen MR) is 142 cm³/mol. The maximum Gasteiger partial charge on any atom is 0.319 e. The molecule has 5 aromatic rings. The molecule has 3 aromatic heterocycles. The van der Waals surface area contributed by atoms with E-state index in [0.29, 0.717) is 28.6 Å². The number of hydrogen-bond donors (Lipinski definition) is 1. The lowest BCUT2D eigenvalue weighted by Crippen LogP contribution is -2.37. The maximum atomic E-state index is 16.3. The van der Waals surface area contributed by atoms with Crippen molar-refractivity contribution in [2.45, 2.75) is 25.9 Å². The Hall–Kier alpha value is -4.27. The molecule has 0 spiro atoms. The van der Waals surface area contributed by atoms with Crippen LogP contribution < -0.4 is 9.64 Å². The summed E-state index contributed by atoms with van der Waals surface area (Å²) in [5.41, 5.74) is 1.52. The zero-order valence-electron chi connectivity index (χ0n) is 21.0. The number of ether oxygens (including phenoxy) is 1. The minimum Gasteiger partial charge on any atom is -0.508 e. The van der Waals surface area contributed by atoms with Crippen LogP contribution in [0.4, 0.5) is 10.2 Å². The fraction of sp³-hybridized carbons (Fsp3) is 0.310. The molecule has 0 radical (unpaired) electrons. The monoisotopic (exact) mass is 510 g/mol. The zero-order valence-corrected chi connectivity index (χ0v) is 21.0. The first-order valence-electron chi connectivity index (χ1n) is 12.9. The second-order valence-electron chi connectivity index (χ2n) is 10.5. The van der Waals surface area contributed by atoms with E-state index in [0.717, 1.165) is 29.6 Å². The number of aromatic hydroxyl groups is 1. The quantitative estimate of drug-likeness (QED) is 0.346. The summed E-state index contributed by atoms with van der Waals surface area (Å²) >= 11 is 0. The minimum atomic E-state index is -0.565. The molecule has 38 heavy (non-hydrogen) atoms. The van der Waals surface area contributed by atoms with E-state index in [2.05, 4.69) is 19.9 Å². The lowest BCUT2D eigenvalue weighted by molar-refractivity contribution is 0.277. The third-order valence-corrected chi connectivity index (χ3v) is 7.76. The van der Waals surface area contributed by atoms with Crippen molar-refractivity contribution in [3.05, 3.63) is 66.6 Å². The van der Waals surface area contributed by atoms with Crippen LogP contribution in [0, 0.1) is 17.7 Å². The van der Waals surface area contributed by atoms with Gasteiger partial charge in [0.1, 0.15) is 29.4 Å². The normalized spacial score (nSPS) is 18.9. The molecule has 0 amide bonds. The lowest BCUT2D eigenvalue weighted by Gasteiger charge is -2.33. The molecule has 2 unspecified atom stereocenters. The van der Waals surface area contributed by atoms with Gasteiger partial charge in [0, 0.05) is 38.1 Å². The van der Waals surface area contributed by atoms with Crippen LogP contribution in [-0.2, 0) is 13.7 Å². The first kappa shape index (κ1) is 22.9. The summed E-state index contributed by atoms with van der Waals surface area (Å²) < 4.78 is 24.1. The van der Waals surface area contributed by atoms with E-state index < -0.39 is 5.82 Å². The Balaban J connectivity index is 1.37. The molecular weight excluding hydrogens is 483 g/mol. The number of imidazole rings is 1. The van der Waals surface area contributed by atoms with Crippen LogP contribution in [0.3, 0.4) is 0 Å². The van der Waals surface area contributed by atoms with Gasteiger partial charge in [-0.25, -0.2) is 9.37 Å². The lowest BCUT2D eigenvalue weighted by atomic mass is 9.98. The van der Waals surface area contributed by atoms with Crippen LogP contribution in [0.2, 0.25) is 0 Å². The molecule has 2 aromatic carbocycles. The standard InChI is InChI=1S/C29H27FN6O2/c1-35-14-20(32-16-35)15-38-29-33-27-24(28(34-29)36-12-17-6-7-18(8-17)13-36)11-31-26(25(27)30)23-10-21(37)9-19-4-2-3-5-22(19)23/h2-5,9-11,14,16-18,37H,6-8,12-13,15H2,1H3. The van der Waals surface area contributed by atoms with Crippen molar-refractivity contribution in [3.63, 3.8) is 0 Å². The smallest absolute Gasteiger partial charge is 0.319 e. The molecule has 8 nitrogen and oxygen atoms in total. The molecule has 2 atom stereocenters. The number of rotatable bonds is 5. The first-order valence-corrected chi connectivity index (χ1v) is 12.9. The topological polar surface area (TPSA) is 89.2 Å². The van der Waals surface area contributed by atoms with Gasteiger partial charge in [0.2, 0.25) is 0 Å². The van der Waals surface area contributed by atoms with Gasteiger partial charge < -0.3 is 19.3 Å². The average molecular weight is 511 g/mol. The molecule has 2 bridgehead atoms. The van der Waals surface area contributed by atoms with Crippen molar-refractivity contribution < 1.29 is 14.2 Å². The molecule has 7 rings (SSSR count). The largest absolute Gasteiger partial charge is 0.508 e. The summed E-state index contributed by atoms with van der Waals surface area (Å²) in [6.07, 6.45) is 8.89. The van der Waals surface area contributed by atoms with Crippen LogP contribution in [0.15, 0.2) is 55.1 Å². The molecule has 1 aliphatic carbocycles. The van der Waals surface area contributed by atoms with Gasteiger partial charge in [0.15, 0.2) is 5.82 Å². The Kier molecular flexibility index (Phi) is 5.38. The fourth-order valence-corrected chi connectivity index (χ4v) is 6.07. The van der Waals surface area contributed by atoms with E-state index in [9.17, 15) is 5.11 Å². The van der Waals surface area contributed by atoms with Crippen LogP contribution in [0.25, 0.3) is 32.9 Å². The van der Waals surface area contributed by atoms with Crippen LogP contribution in [0.5, 0.6) is 11.8 Å². The predicted octanol–water partition coefficient (Wildman–Crippen LogP) is 5.24. The minimum absolute atomic E-state index is 0.0477. The van der Waals surface area contributed by atoms with E-state index in [1.807, 2.05) is 42.1 Å². The van der Waals surface area contributed by atoms with Crippen molar-refractivity contribution in [1.29, 1.82) is 0 Å². The maximum absolute atomic E-state index is 16.3. The van der Waals surface area contributed by atoms with E-state index in [1.165, 1.54) is 19.3 Å². The van der Waals surface area contributed by atoms with Crippen molar-refractivity contribution >= 4 is 27.5 Å². The number of pyridine rings is 1. The van der Waals surface area contributed by atoms with Crippen molar-refractivity contribution in [3.8, 4) is 23.0 Å². The number of anilines is 1. The number of hydrogen-bond acceptors (Lipinski definition) is 7. The molecule has 4 heterocycles. The summed E-state index contributed by atoms with van der Waals surface area (Å²) in [5.74, 6) is 1.37. The highest BCUT2D eigenvalue weighted by molar-refractivity contribution is 5.99. The van der Waals surface area contributed by atoms with Gasteiger partial charge in [-0.3, -0.25) is 4.98 Å². The Morgan fingerprint density at radius 3 is 2.66 bits per heavy atom. The molecule has 1 saturated heterocycles. The number of nitrogens with zero attached hydrogens (tertiary/aromatic N) is 6. The number of phenolic OH excluding ortho intramolecular Hbond substituents is 1. The second-order valence-corrected chi connectivity index (χ2v) is 10.5. The highest BCUT2D eigenvalue weighted by atomic mass is 19.1. The van der Waals surface area contributed by atoms with E-state index in [-0.39, 0.29) is 29.6 Å². The summed E-state index contributed by atoms with van der Waals surface area (Å²) in [6, 6.07) is 10.8. The second kappa shape index (κ2) is 8.93. The number of fused-ring (bicyclic) bond motifs is 4. The molecular formula is C29H27FN6O2. The highest BCUT2D eigenvalue weighted by Crippen LogP contribution is 2.41.